The third-order valence-electron chi connectivity index (χ3n) is 1.64. The molecular formula is C10H14N2. The highest BCUT2D eigenvalue weighted by molar-refractivity contribution is 5.36. The van der Waals surface area contributed by atoms with Gasteiger partial charge in [0.25, 0.3) is 0 Å². The number of rotatable bonds is 1. The van der Waals surface area contributed by atoms with Crippen molar-refractivity contribution in [2.24, 2.45) is 0 Å². The maximum absolute atomic E-state index is 3.66. The summed E-state index contributed by atoms with van der Waals surface area (Å²) in [5.41, 5.74) is 3.25. The highest BCUT2D eigenvalue weighted by Crippen LogP contribution is 2.10. The molecule has 0 aromatic carbocycles. The molecule has 0 atom stereocenters. The maximum Gasteiger partial charge on any atom is 0.0617 e. The van der Waals surface area contributed by atoms with Crippen molar-refractivity contribution in [2.75, 3.05) is 0 Å². The van der Waals surface area contributed by atoms with E-state index in [1.807, 2.05) is 32.2 Å². The monoisotopic (exact) mass is 162 g/mol. The summed E-state index contributed by atoms with van der Waals surface area (Å²) in [6.45, 7) is 7.66. The van der Waals surface area contributed by atoms with Gasteiger partial charge in [-0.2, -0.15) is 0 Å². The van der Waals surface area contributed by atoms with Gasteiger partial charge in [0.05, 0.1) is 11.4 Å². The van der Waals surface area contributed by atoms with Gasteiger partial charge in [-0.25, -0.2) is 0 Å². The van der Waals surface area contributed by atoms with Gasteiger partial charge in [-0.05, 0) is 19.9 Å². The van der Waals surface area contributed by atoms with Crippen molar-refractivity contribution in [3.05, 3.63) is 48.1 Å². The Labute approximate surface area is 73.4 Å². The number of allylic oxidation sites excluding steroid dienone is 4. The smallest absolute Gasteiger partial charge is 0.0617 e. The number of hydrogen-bond acceptors (Lipinski definition) is 2. The van der Waals surface area contributed by atoms with E-state index in [0.29, 0.717) is 0 Å². The van der Waals surface area contributed by atoms with E-state index in [0.717, 1.165) is 17.1 Å². The van der Waals surface area contributed by atoms with E-state index in [1.165, 1.54) is 0 Å². The zero-order chi connectivity index (χ0) is 8.97. The first-order valence-electron chi connectivity index (χ1n) is 3.97. The van der Waals surface area contributed by atoms with Crippen molar-refractivity contribution < 1.29 is 0 Å². The van der Waals surface area contributed by atoms with Crippen LogP contribution in [-0.2, 0) is 0 Å². The van der Waals surface area contributed by atoms with E-state index in [1.54, 1.807) is 6.08 Å². The number of nitrogens with one attached hydrogen (secondary N) is 2. The fourth-order valence-corrected chi connectivity index (χ4v) is 1.07. The average Bonchev–Trinajstić information content (AvgIpc) is 2.05. The Balaban J connectivity index is 2.92. The van der Waals surface area contributed by atoms with Crippen LogP contribution < -0.4 is 10.6 Å². The van der Waals surface area contributed by atoms with Crippen molar-refractivity contribution >= 4 is 0 Å². The summed E-state index contributed by atoms with van der Waals surface area (Å²) in [7, 11) is 0. The largest absolute Gasteiger partial charge is 0.359 e. The fraction of sp³-hybridized carbons (Fsp3) is 0.200. The lowest BCUT2D eigenvalue weighted by atomic mass is 10.2. The summed E-state index contributed by atoms with van der Waals surface area (Å²) in [4.78, 5) is 0. The van der Waals surface area contributed by atoms with E-state index in [4.69, 9.17) is 0 Å². The predicted molar refractivity (Wildman–Crippen MR) is 52.1 cm³/mol. The van der Waals surface area contributed by atoms with Gasteiger partial charge in [-0.1, -0.05) is 18.7 Å². The van der Waals surface area contributed by atoms with E-state index < -0.39 is 0 Å². The SMILES string of the molecule is C=C/C=C1/NC(C)=CN/C1=C/C. The Hall–Kier alpha value is -1.44. The molecule has 1 rings (SSSR count). The summed E-state index contributed by atoms with van der Waals surface area (Å²) in [6.07, 6.45) is 7.67. The summed E-state index contributed by atoms with van der Waals surface area (Å²) in [5.74, 6) is 0. The molecule has 0 saturated carbocycles. The lowest BCUT2D eigenvalue weighted by molar-refractivity contribution is 0.853. The van der Waals surface area contributed by atoms with Gasteiger partial charge < -0.3 is 10.6 Å². The molecule has 64 valence electrons. The molecule has 2 heteroatoms. The molecule has 0 fully saturated rings. The average molecular weight is 162 g/mol. The molecule has 0 unspecified atom stereocenters. The maximum atomic E-state index is 3.66. The van der Waals surface area contributed by atoms with Gasteiger partial charge in [0.15, 0.2) is 0 Å². The van der Waals surface area contributed by atoms with Crippen molar-refractivity contribution in [3.8, 4) is 0 Å². The van der Waals surface area contributed by atoms with E-state index >= 15 is 0 Å². The molecule has 0 radical (unpaired) electrons. The van der Waals surface area contributed by atoms with Gasteiger partial charge in [0, 0.05) is 11.9 Å². The van der Waals surface area contributed by atoms with Gasteiger partial charge in [-0.15, -0.1) is 0 Å². The van der Waals surface area contributed by atoms with E-state index in [9.17, 15) is 0 Å². The molecule has 1 aliphatic rings. The second kappa shape index (κ2) is 3.81. The van der Waals surface area contributed by atoms with Crippen LogP contribution in [-0.4, -0.2) is 0 Å². The van der Waals surface area contributed by atoms with Crippen LogP contribution in [0.2, 0.25) is 0 Å². The molecule has 0 aliphatic carbocycles. The second-order valence-corrected chi connectivity index (χ2v) is 2.62. The van der Waals surface area contributed by atoms with Crippen LogP contribution in [0.15, 0.2) is 48.1 Å². The molecule has 12 heavy (non-hydrogen) atoms. The third kappa shape index (κ3) is 1.78. The molecule has 2 nitrogen and oxygen atoms in total. The predicted octanol–water partition coefficient (Wildman–Crippen LogP) is 2.01. The molecule has 0 amide bonds. The van der Waals surface area contributed by atoms with Crippen LogP contribution in [0, 0.1) is 0 Å². The Morgan fingerprint density at radius 3 is 2.75 bits per heavy atom. The lowest BCUT2D eigenvalue weighted by Crippen LogP contribution is -2.25. The zero-order valence-electron chi connectivity index (χ0n) is 7.52. The summed E-state index contributed by atoms with van der Waals surface area (Å²) in [5, 5.41) is 6.41. The van der Waals surface area contributed by atoms with Gasteiger partial charge in [-0.3, -0.25) is 0 Å². The molecule has 0 aromatic heterocycles. The van der Waals surface area contributed by atoms with Crippen LogP contribution in [0.5, 0.6) is 0 Å². The number of hydrogen-bond donors (Lipinski definition) is 2. The first kappa shape index (κ1) is 8.65. The molecule has 1 aliphatic heterocycles. The Bertz CT molecular complexity index is 270. The topological polar surface area (TPSA) is 24.1 Å². The highest BCUT2D eigenvalue weighted by Gasteiger charge is 2.06. The Kier molecular flexibility index (Phi) is 2.75. The molecule has 0 aromatic rings. The first-order valence-corrected chi connectivity index (χ1v) is 3.97. The second-order valence-electron chi connectivity index (χ2n) is 2.62. The lowest BCUT2D eigenvalue weighted by Gasteiger charge is -2.20. The quantitative estimate of drug-likeness (QED) is 0.616. The fourth-order valence-electron chi connectivity index (χ4n) is 1.07. The van der Waals surface area contributed by atoms with Gasteiger partial charge in [0.1, 0.15) is 0 Å². The summed E-state index contributed by atoms with van der Waals surface area (Å²) in [6, 6.07) is 0. The molecular weight excluding hydrogens is 148 g/mol. The molecule has 0 saturated heterocycles. The molecule has 2 N–H and O–H groups in total. The minimum Gasteiger partial charge on any atom is -0.359 e. The highest BCUT2D eigenvalue weighted by atomic mass is 15.0. The van der Waals surface area contributed by atoms with Crippen LogP contribution >= 0.6 is 0 Å². The van der Waals surface area contributed by atoms with Crippen LogP contribution in [0.3, 0.4) is 0 Å². The van der Waals surface area contributed by atoms with Crippen LogP contribution in [0.1, 0.15) is 13.8 Å². The third-order valence-corrected chi connectivity index (χ3v) is 1.64. The normalized spacial score (nSPS) is 23.0. The minimum atomic E-state index is 1.06. The molecule has 1 heterocycles. The van der Waals surface area contributed by atoms with Crippen LogP contribution in [0.25, 0.3) is 0 Å². The van der Waals surface area contributed by atoms with Crippen molar-refractivity contribution in [1.29, 1.82) is 0 Å². The molecule has 0 spiro atoms. The summed E-state index contributed by atoms with van der Waals surface area (Å²) < 4.78 is 0. The molecule has 0 bridgehead atoms. The van der Waals surface area contributed by atoms with E-state index in [2.05, 4.69) is 17.2 Å². The van der Waals surface area contributed by atoms with Crippen LogP contribution in [0.4, 0.5) is 0 Å². The van der Waals surface area contributed by atoms with Crippen molar-refractivity contribution in [1.82, 2.24) is 10.6 Å². The first-order chi connectivity index (χ1) is 5.77. The van der Waals surface area contributed by atoms with Crippen molar-refractivity contribution in [3.63, 3.8) is 0 Å². The summed E-state index contributed by atoms with van der Waals surface area (Å²) >= 11 is 0. The Morgan fingerprint density at radius 1 is 1.42 bits per heavy atom. The van der Waals surface area contributed by atoms with Crippen molar-refractivity contribution in [2.45, 2.75) is 13.8 Å². The zero-order valence-corrected chi connectivity index (χ0v) is 7.52. The van der Waals surface area contributed by atoms with Gasteiger partial charge >= 0.3 is 0 Å². The standard InChI is InChI=1S/C10H14N2/c1-4-6-10-9(5-2)11-7-8(3)12-10/h4-7,11-12H,1H2,2-3H3/b9-5+,10-6+. The minimum absolute atomic E-state index is 1.06. The van der Waals surface area contributed by atoms with E-state index in [-0.39, 0.29) is 0 Å². The van der Waals surface area contributed by atoms with Gasteiger partial charge in [0.2, 0.25) is 0 Å². The Morgan fingerprint density at radius 2 is 2.17 bits per heavy atom.